The van der Waals surface area contributed by atoms with Gasteiger partial charge in [0.15, 0.2) is 6.29 Å². The average molecular weight is 267 g/mol. The maximum atomic E-state index is 5.97. The molecule has 0 spiro atoms. The normalized spacial score (nSPS) is 44.6. The molecule has 3 saturated heterocycles. The van der Waals surface area contributed by atoms with Crippen LogP contribution < -0.4 is 0 Å². The van der Waals surface area contributed by atoms with Crippen LogP contribution in [0, 0.1) is 0 Å². The van der Waals surface area contributed by atoms with Crippen molar-refractivity contribution < 1.29 is 9.47 Å². The van der Waals surface area contributed by atoms with Gasteiger partial charge in [0.25, 0.3) is 0 Å². The molecule has 4 nitrogen and oxygen atoms in total. The van der Waals surface area contributed by atoms with Crippen LogP contribution in [0.4, 0.5) is 0 Å². The van der Waals surface area contributed by atoms with Crippen molar-refractivity contribution in [3.63, 3.8) is 0 Å². The SMILES string of the molecule is ClCC1COC2OCC(CCl)N3CCN1C23. The van der Waals surface area contributed by atoms with Gasteiger partial charge in [-0.05, 0) is 0 Å². The van der Waals surface area contributed by atoms with E-state index in [4.69, 9.17) is 32.7 Å². The fraction of sp³-hybridized carbons (Fsp3) is 1.00. The van der Waals surface area contributed by atoms with Crippen molar-refractivity contribution in [3.8, 4) is 0 Å². The standard InChI is InChI=1S/C10H16Cl2N2O2/c11-3-7-5-15-10-9-13(7)1-2-14(9)8(4-12)6-16-10/h7-10H,1-6H2. The topological polar surface area (TPSA) is 24.9 Å². The molecular weight excluding hydrogens is 251 g/mol. The Labute approximate surface area is 105 Å². The van der Waals surface area contributed by atoms with Crippen LogP contribution in [-0.2, 0) is 9.47 Å². The summed E-state index contributed by atoms with van der Waals surface area (Å²) in [5.41, 5.74) is 0. The Hall–Kier alpha value is 0.420. The molecule has 16 heavy (non-hydrogen) atoms. The summed E-state index contributed by atoms with van der Waals surface area (Å²) in [7, 11) is 0. The summed E-state index contributed by atoms with van der Waals surface area (Å²) in [5, 5.41) is 0. The van der Waals surface area contributed by atoms with Crippen molar-refractivity contribution in [2.45, 2.75) is 24.5 Å². The zero-order chi connectivity index (χ0) is 11.1. The number of nitrogens with zero attached hydrogens (tertiary/aromatic N) is 2. The van der Waals surface area contributed by atoms with Crippen molar-refractivity contribution in [2.75, 3.05) is 38.1 Å². The summed E-state index contributed by atoms with van der Waals surface area (Å²) < 4.78 is 11.5. The zero-order valence-electron chi connectivity index (χ0n) is 9.02. The first-order valence-electron chi connectivity index (χ1n) is 5.71. The van der Waals surface area contributed by atoms with Gasteiger partial charge in [0.05, 0.1) is 13.2 Å². The number of hydrogen-bond acceptors (Lipinski definition) is 4. The second kappa shape index (κ2) is 4.59. The number of rotatable bonds is 2. The highest BCUT2D eigenvalue weighted by atomic mass is 35.5. The predicted molar refractivity (Wildman–Crippen MR) is 61.9 cm³/mol. The molecule has 0 aromatic rings. The average Bonchev–Trinajstić information content (AvgIpc) is 2.77. The monoisotopic (exact) mass is 266 g/mol. The molecule has 0 aliphatic carbocycles. The van der Waals surface area contributed by atoms with Gasteiger partial charge in [-0.2, -0.15) is 0 Å². The second-order valence-corrected chi connectivity index (χ2v) is 5.16. The number of halogens is 2. The summed E-state index contributed by atoms with van der Waals surface area (Å²) >= 11 is 11.9. The van der Waals surface area contributed by atoms with E-state index >= 15 is 0 Å². The molecule has 0 aromatic heterocycles. The van der Waals surface area contributed by atoms with E-state index in [2.05, 4.69) is 9.80 Å². The lowest BCUT2D eigenvalue weighted by Crippen LogP contribution is -2.64. The highest BCUT2D eigenvalue weighted by Gasteiger charge is 2.50. The van der Waals surface area contributed by atoms with Crippen molar-refractivity contribution in [2.24, 2.45) is 0 Å². The van der Waals surface area contributed by atoms with E-state index in [-0.39, 0.29) is 12.5 Å². The molecule has 3 aliphatic rings. The van der Waals surface area contributed by atoms with Crippen LogP contribution in [0.5, 0.6) is 0 Å². The maximum absolute atomic E-state index is 5.97. The lowest BCUT2D eigenvalue weighted by atomic mass is 10.2. The van der Waals surface area contributed by atoms with Gasteiger partial charge in [0.1, 0.15) is 6.17 Å². The molecule has 0 amide bonds. The molecule has 2 atom stereocenters. The lowest BCUT2D eigenvalue weighted by molar-refractivity contribution is -0.268. The van der Waals surface area contributed by atoms with Crippen LogP contribution in [0.15, 0.2) is 0 Å². The molecule has 0 radical (unpaired) electrons. The van der Waals surface area contributed by atoms with Gasteiger partial charge in [-0.25, -0.2) is 0 Å². The summed E-state index contributed by atoms with van der Waals surface area (Å²) in [6, 6.07) is 0.621. The third-order valence-electron chi connectivity index (χ3n) is 3.74. The minimum atomic E-state index is -0.124. The Balaban J connectivity index is 1.81. The van der Waals surface area contributed by atoms with Crippen molar-refractivity contribution >= 4 is 23.2 Å². The van der Waals surface area contributed by atoms with E-state index in [1.54, 1.807) is 0 Å². The number of morpholine rings is 2. The molecule has 3 heterocycles. The summed E-state index contributed by atoms with van der Waals surface area (Å²) in [5.74, 6) is 1.23. The molecular formula is C10H16Cl2N2O2. The van der Waals surface area contributed by atoms with Crippen LogP contribution >= 0.6 is 23.2 Å². The van der Waals surface area contributed by atoms with Gasteiger partial charge in [-0.3, -0.25) is 9.80 Å². The first-order valence-corrected chi connectivity index (χ1v) is 6.78. The molecule has 3 fully saturated rings. The number of hydrogen-bond donors (Lipinski definition) is 0. The third-order valence-corrected chi connectivity index (χ3v) is 4.45. The zero-order valence-corrected chi connectivity index (χ0v) is 10.5. The smallest absolute Gasteiger partial charge is 0.186 e. The molecule has 92 valence electrons. The first-order chi connectivity index (χ1) is 7.85. The van der Waals surface area contributed by atoms with Gasteiger partial charge in [0.2, 0.25) is 0 Å². The number of ether oxygens (including phenoxy) is 2. The lowest BCUT2D eigenvalue weighted by Gasteiger charge is -2.48. The first kappa shape index (κ1) is 11.5. The van der Waals surface area contributed by atoms with Gasteiger partial charge >= 0.3 is 0 Å². The van der Waals surface area contributed by atoms with E-state index in [0.29, 0.717) is 37.1 Å². The quantitative estimate of drug-likeness (QED) is 0.681. The number of alkyl halides is 2. The Morgan fingerprint density at radius 3 is 1.88 bits per heavy atom. The molecule has 0 bridgehead atoms. The van der Waals surface area contributed by atoms with E-state index < -0.39 is 0 Å². The molecule has 0 N–H and O–H groups in total. The molecule has 3 aliphatic heterocycles. The Kier molecular flexibility index (Phi) is 3.30. The Bertz CT molecular complexity index is 245. The Morgan fingerprint density at radius 1 is 0.938 bits per heavy atom. The molecule has 2 unspecified atom stereocenters. The van der Waals surface area contributed by atoms with Gasteiger partial charge in [-0.1, -0.05) is 0 Å². The molecule has 0 aromatic carbocycles. The molecule has 3 rings (SSSR count). The van der Waals surface area contributed by atoms with E-state index in [1.165, 1.54) is 0 Å². The van der Waals surface area contributed by atoms with Crippen LogP contribution in [-0.4, -0.2) is 72.4 Å². The summed E-state index contributed by atoms with van der Waals surface area (Å²) in [4.78, 5) is 4.81. The maximum Gasteiger partial charge on any atom is 0.186 e. The van der Waals surface area contributed by atoms with Crippen LogP contribution in [0.2, 0.25) is 0 Å². The summed E-state index contributed by atoms with van der Waals surface area (Å²) in [6.07, 6.45) is 0.0939. The molecule has 0 saturated carbocycles. The Morgan fingerprint density at radius 2 is 1.44 bits per heavy atom. The fourth-order valence-electron chi connectivity index (χ4n) is 2.89. The third kappa shape index (κ3) is 1.67. The van der Waals surface area contributed by atoms with E-state index in [1.807, 2.05) is 0 Å². The predicted octanol–water partition coefficient (Wildman–Crippen LogP) is 0.531. The van der Waals surface area contributed by atoms with Crippen LogP contribution in [0.1, 0.15) is 0 Å². The van der Waals surface area contributed by atoms with Crippen LogP contribution in [0.25, 0.3) is 0 Å². The highest BCUT2D eigenvalue weighted by molar-refractivity contribution is 6.18. The van der Waals surface area contributed by atoms with Crippen molar-refractivity contribution in [1.29, 1.82) is 0 Å². The van der Waals surface area contributed by atoms with Gasteiger partial charge in [-0.15, -0.1) is 23.2 Å². The summed E-state index contributed by atoms with van der Waals surface area (Å²) in [6.45, 7) is 3.42. The van der Waals surface area contributed by atoms with Crippen molar-refractivity contribution in [3.05, 3.63) is 0 Å². The van der Waals surface area contributed by atoms with Gasteiger partial charge in [0, 0.05) is 36.9 Å². The minimum absolute atomic E-state index is 0.124. The van der Waals surface area contributed by atoms with Crippen molar-refractivity contribution in [1.82, 2.24) is 9.80 Å². The minimum Gasteiger partial charge on any atom is -0.348 e. The van der Waals surface area contributed by atoms with Crippen LogP contribution in [0.3, 0.4) is 0 Å². The van der Waals surface area contributed by atoms with E-state index in [0.717, 1.165) is 13.1 Å². The fourth-order valence-corrected chi connectivity index (χ4v) is 3.42. The highest BCUT2D eigenvalue weighted by Crippen LogP contribution is 2.33. The molecule has 6 heteroatoms. The largest absolute Gasteiger partial charge is 0.348 e. The van der Waals surface area contributed by atoms with E-state index in [9.17, 15) is 0 Å². The van der Waals surface area contributed by atoms with Gasteiger partial charge < -0.3 is 9.47 Å². The second-order valence-electron chi connectivity index (χ2n) is 4.54.